The highest BCUT2D eigenvalue weighted by Gasteiger charge is 2.30. The van der Waals surface area contributed by atoms with Gasteiger partial charge in [-0.05, 0) is 119 Å². The van der Waals surface area contributed by atoms with Crippen molar-refractivity contribution in [2.75, 3.05) is 13.9 Å². The van der Waals surface area contributed by atoms with Gasteiger partial charge in [-0.15, -0.1) is 0 Å². The van der Waals surface area contributed by atoms with Crippen LogP contribution in [0.5, 0.6) is 17.2 Å². The third kappa shape index (κ3) is 6.98. The molecule has 6 heteroatoms. The zero-order valence-electron chi connectivity index (χ0n) is 28.3. The van der Waals surface area contributed by atoms with Gasteiger partial charge in [0.25, 0.3) is 0 Å². The van der Waals surface area contributed by atoms with Crippen molar-refractivity contribution in [3.05, 3.63) is 172 Å². The van der Waals surface area contributed by atoms with Gasteiger partial charge in [-0.1, -0.05) is 71.9 Å². The van der Waals surface area contributed by atoms with Crippen LogP contribution in [0.1, 0.15) is 38.9 Å². The summed E-state index contributed by atoms with van der Waals surface area (Å²) >= 11 is 0. The molecule has 7 aromatic rings. The highest BCUT2D eigenvalue weighted by Crippen LogP contribution is 2.48. The lowest BCUT2D eigenvalue weighted by molar-refractivity contribution is -0.137. The number of methoxy groups -OCH3 is 1. The van der Waals surface area contributed by atoms with E-state index in [4.69, 9.17) is 14.2 Å². The number of hydrogen-bond donors (Lipinski definition) is 0. The Bertz CT molecular complexity index is 2710. The predicted octanol–water partition coefficient (Wildman–Crippen LogP) is 10.6. The van der Waals surface area contributed by atoms with E-state index in [0.717, 1.165) is 72.8 Å². The molecular weight excluding hydrogens is 670 g/mol. The van der Waals surface area contributed by atoms with E-state index in [1.54, 1.807) is 7.11 Å². The Labute approximate surface area is 304 Å². The number of halogens is 3. The summed E-state index contributed by atoms with van der Waals surface area (Å²) < 4.78 is 57.5. The molecule has 0 radical (unpaired) electrons. The SMILES string of the molecule is COc1ccc(C#Cc2ccc3c4c(c(C#Cc5ccc(C(F)(F)F)cc5)cc3c2)OCOc2ccc3cc(C#Cc5ccccc5)ccc3c2-4)cc1. The molecule has 7 aromatic carbocycles. The molecule has 0 amide bonds. The molecular formula is C47H27F3O3. The van der Waals surface area contributed by atoms with Crippen LogP contribution >= 0.6 is 0 Å². The maximum atomic E-state index is 13.2. The predicted molar refractivity (Wildman–Crippen MR) is 202 cm³/mol. The molecule has 1 heterocycles. The topological polar surface area (TPSA) is 27.7 Å². The maximum Gasteiger partial charge on any atom is 0.416 e. The summed E-state index contributed by atoms with van der Waals surface area (Å²) in [5, 5.41) is 3.68. The third-order valence-corrected chi connectivity index (χ3v) is 8.86. The van der Waals surface area contributed by atoms with Crippen LogP contribution in [0.25, 0.3) is 32.7 Å². The van der Waals surface area contributed by atoms with Gasteiger partial charge in [0.1, 0.15) is 17.2 Å². The second-order valence-electron chi connectivity index (χ2n) is 12.3. The van der Waals surface area contributed by atoms with Crippen LogP contribution in [-0.2, 0) is 6.18 Å². The van der Waals surface area contributed by atoms with Crippen molar-refractivity contribution in [2.45, 2.75) is 6.18 Å². The molecule has 0 spiro atoms. The van der Waals surface area contributed by atoms with Crippen molar-refractivity contribution in [3.63, 3.8) is 0 Å². The number of ether oxygens (including phenoxy) is 3. The highest BCUT2D eigenvalue weighted by atomic mass is 19.4. The fourth-order valence-electron chi connectivity index (χ4n) is 6.24. The molecule has 0 bridgehead atoms. The summed E-state index contributed by atoms with van der Waals surface area (Å²) in [6.07, 6.45) is -4.44. The van der Waals surface area contributed by atoms with E-state index in [9.17, 15) is 13.2 Å². The highest BCUT2D eigenvalue weighted by molar-refractivity contribution is 6.11. The largest absolute Gasteiger partial charge is 0.497 e. The van der Waals surface area contributed by atoms with Crippen molar-refractivity contribution >= 4 is 21.5 Å². The van der Waals surface area contributed by atoms with Gasteiger partial charge in [0, 0.05) is 38.9 Å². The Hall–Kier alpha value is -7.07. The first-order valence-corrected chi connectivity index (χ1v) is 16.7. The Morgan fingerprint density at radius 3 is 1.75 bits per heavy atom. The molecule has 254 valence electrons. The molecule has 8 rings (SSSR count). The smallest absolute Gasteiger partial charge is 0.416 e. The maximum absolute atomic E-state index is 13.2. The number of hydrogen-bond acceptors (Lipinski definition) is 3. The lowest BCUT2D eigenvalue weighted by Gasteiger charge is -2.16. The van der Waals surface area contributed by atoms with E-state index >= 15 is 0 Å². The average Bonchev–Trinajstić information content (AvgIpc) is 3.39. The lowest BCUT2D eigenvalue weighted by Crippen LogP contribution is -2.04. The van der Waals surface area contributed by atoms with E-state index in [1.807, 2.05) is 103 Å². The molecule has 53 heavy (non-hydrogen) atoms. The fourth-order valence-corrected chi connectivity index (χ4v) is 6.24. The molecule has 1 aliphatic rings. The van der Waals surface area contributed by atoms with Gasteiger partial charge in [0.15, 0.2) is 0 Å². The van der Waals surface area contributed by atoms with Crippen LogP contribution in [-0.4, -0.2) is 13.9 Å². The van der Waals surface area contributed by atoms with Crippen LogP contribution in [0.3, 0.4) is 0 Å². The standard InChI is InChI=1S/C47H27F3O3/c1-51-40-22-14-32(15-23-40)8-10-35-17-25-42-38(28-35)29-37(18-11-33-12-20-39(21-13-33)47(48,49)50)46-45(42)44-41-24-16-34(9-7-31-5-3-2-4-6-31)27-36(41)19-26-43(44)52-30-53-46/h2-6,12-17,19-29H,30H2,1H3. The summed E-state index contributed by atoms with van der Waals surface area (Å²) in [5.41, 5.74) is 5.34. The molecule has 0 saturated carbocycles. The van der Waals surface area contributed by atoms with E-state index in [1.165, 1.54) is 12.1 Å². The van der Waals surface area contributed by atoms with Crippen molar-refractivity contribution in [2.24, 2.45) is 0 Å². The van der Waals surface area contributed by atoms with E-state index in [-0.39, 0.29) is 6.79 Å². The summed E-state index contributed by atoms with van der Waals surface area (Å²) in [6.45, 7) is -0.0575. The molecule has 0 aromatic heterocycles. The van der Waals surface area contributed by atoms with Gasteiger partial charge >= 0.3 is 6.18 Å². The molecule has 0 aliphatic carbocycles. The normalized spacial score (nSPS) is 11.5. The van der Waals surface area contributed by atoms with E-state index in [2.05, 4.69) is 41.6 Å². The van der Waals surface area contributed by atoms with Gasteiger partial charge in [-0.25, -0.2) is 0 Å². The molecule has 0 atom stereocenters. The first-order chi connectivity index (χ1) is 25.8. The second kappa shape index (κ2) is 13.9. The lowest BCUT2D eigenvalue weighted by atomic mass is 9.89. The Kier molecular flexibility index (Phi) is 8.69. The van der Waals surface area contributed by atoms with Gasteiger partial charge in [0.2, 0.25) is 6.79 Å². The van der Waals surface area contributed by atoms with Crippen molar-refractivity contribution in [3.8, 4) is 63.9 Å². The molecule has 0 N–H and O–H groups in total. The van der Waals surface area contributed by atoms with Gasteiger partial charge < -0.3 is 14.2 Å². The molecule has 0 unspecified atom stereocenters. The Morgan fingerprint density at radius 2 is 1.09 bits per heavy atom. The average molecular weight is 697 g/mol. The fraction of sp³-hybridized carbons (Fsp3) is 0.0638. The zero-order valence-corrected chi connectivity index (χ0v) is 28.3. The van der Waals surface area contributed by atoms with Crippen LogP contribution in [0.4, 0.5) is 13.2 Å². The minimum atomic E-state index is -4.44. The number of alkyl halides is 3. The summed E-state index contributed by atoms with van der Waals surface area (Å²) in [5.74, 6) is 21.2. The summed E-state index contributed by atoms with van der Waals surface area (Å²) in [4.78, 5) is 0. The van der Waals surface area contributed by atoms with Crippen molar-refractivity contribution in [1.82, 2.24) is 0 Å². The number of rotatable bonds is 1. The molecule has 1 aliphatic heterocycles. The zero-order chi connectivity index (χ0) is 36.4. The minimum absolute atomic E-state index is 0.0575. The summed E-state index contributed by atoms with van der Waals surface area (Å²) in [7, 11) is 1.62. The molecule has 3 nitrogen and oxygen atoms in total. The van der Waals surface area contributed by atoms with Gasteiger partial charge in [-0.3, -0.25) is 0 Å². The van der Waals surface area contributed by atoms with Crippen LogP contribution < -0.4 is 14.2 Å². The van der Waals surface area contributed by atoms with Gasteiger partial charge in [-0.2, -0.15) is 13.2 Å². The van der Waals surface area contributed by atoms with Crippen LogP contribution in [0.2, 0.25) is 0 Å². The second-order valence-corrected chi connectivity index (χ2v) is 12.3. The summed E-state index contributed by atoms with van der Waals surface area (Å²) in [6, 6.07) is 40.1. The van der Waals surface area contributed by atoms with E-state index in [0.29, 0.717) is 22.6 Å². The molecule has 0 saturated heterocycles. The van der Waals surface area contributed by atoms with E-state index < -0.39 is 11.7 Å². The first kappa shape index (κ1) is 33.1. The first-order valence-electron chi connectivity index (χ1n) is 16.7. The Morgan fingerprint density at radius 1 is 0.528 bits per heavy atom. The third-order valence-electron chi connectivity index (χ3n) is 8.86. The quantitative estimate of drug-likeness (QED) is 0.160. The number of fused-ring (bicyclic) bond motifs is 7. The van der Waals surface area contributed by atoms with Crippen LogP contribution in [0.15, 0.2) is 133 Å². The van der Waals surface area contributed by atoms with Crippen LogP contribution in [0, 0.1) is 35.5 Å². The van der Waals surface area contributed by atoms with Gasteiger partial charge in [0.05, 0.1) is 18.2 Å². The minimum Gasteiger partial charge on any atom is -0.497 e. The monoisotopic (exact) mass is 696 g/mol. The van der Waals surface area contributed by atoms with Crippen molar-refractivity contribution in [1.29, 1.82) is 0 Å². The Balaban J connectivity index is 1.29. The number of benzene rings is 7. The van der Waals surface area contributed by atoms with Crippen molar-refractivity contribution < 1.29 is 27.4 Å². The molecule has 0 fully saturated rings.